The molecule has 10 heteroatoms. The molecule has 0 radical (unpaired) electrons. The predicted octanol–water partition coefficient (Wildman–Crippen LogP) is 4.59. The number of sulfone groups is 1. The summed E-state index contributed by atoms with van der Waals surface area (Å²) in [4.78, 5) is 28.7. The van der Waals surface area contributed by atoms with Gasteiger partial charge < -0.3 is 24.0 Å². The Labute approximate surface area is 253 Å². The van der Waals surface area contributed by atoms with Gasteiger partial charge >= 0.3 is 0 Å². The first-order valence-electron chi connectivity index (χ1n) is 14.5. The van der Waals surface area contributed by atoms with Crippen molar-refractivity contribution in [2.45, 2.75) is 48.5 Å². The van der Waals surface area contributed by atoms with Gasteiger partial charge in [-0.05, 0) is 72.4 Å². The monoisotopic (exact) mass is 606 g/mol. The molecule has 0 aromatic heterocycles. The largest absolute Gasteiger partial charge is 0.495 e. The Morgan fingerprint density at radius 3 is 2.51 bits per heavy atom. The minimum atomic E-state index is -3.83. The van der Waals surface area contributed by atoms with Gasteiger partial charge in [0.25, 0.3) is 11.8 Å². The second-order valence-electron chi connectivity index (χ2n) is 11.2. The number of ether oxygens (including phenoxy) is 3. The molecule has 2 fully saturated rings. The van der Waals surface area contributed by atoms with E-state index in [2.05, 4.69) is 0 Å². The van der Waals surface area contributed by atoms with Crippen LogP contribution < -0.4 is 9.47 Å². The Bertz CT molecular complexity index is 1580. The van der Waals surface area contributed by atoms with Crippen LogP contribution in [0.3, 0.4) is 0 Å². The van der Waals surface area contributed by atoms with Crippen LogP contribution in [0.2, 0.25) is 0 Å². The van der Waals surface area contributed by atoms with Crippen LogP contribution in [0.15, 0.2) is 71.6 Å². The number of nitrogens with zero attached hydrogens (tertiary/aromatic N) is 2. The molecular weight excluding hydrogens is 568 g/mol. The summed E-state index contributed by atoms with van der Waals surface area (Å²) >= 11 is 0. The van der Waals surface area contributed by atoms with Crippen LogP contribution in [0.5, 0.6) is 11.5 Å². The highest BCUT2D eigenvalue weighted by Crippen LogP contribution is 2.33. The molecule has 0 bridgehead atoms. The molecule has 0 spiro atoms. The Morgan fingerprint density at radius 2 is 1.77 bits per heavy atom. The van der Waals surface area contributed by atoms with Crippen molar-refractivity contribution in [2.75, 3.05) is 40.9 Å². The average Bonchev–Trinajstić information content (AvgIpc) is 3.48. The van der Waals surface area contributed by atoms with E-state index < -0.39 is 9.84 Å². The number of methoxy groups -OCH3 is 1. The highest BCUT2D eigenvalue weighted by molar-refractivity contribution is 7.90. The number of hydrogen-bond donors (Lipinski definition) is 0. The van der Waals surface area contributed by atoms with Crippen LogP contribution in [0.4, 0.5) is 0 Å². The van der Waals surface area contributed by atoms with Crippen LogP contribution >= 0.6 is 0 Å². The van der Waals surface area contributed by atoms with E-state index in [1.807, 2.05) is 6.07 Å². The summed E-state index contributed by atoms with van der Waals surface area (Å²) in [5.74, 6) is 0.439. The lowest BCUT2D eigenvalue weighted by molar-refractivity contribution is -0.145. The van der Waals surface area contributed by atoms with Gasteiger partial charge in [0.05, 0.1) is 19.4 Å². The quantitative estimate of drug-likeness (QED) is 0.351. The fraction of sp³-hybridized carbons (Fsp3) is 0.394. The predicted molar refractivity (Wildman–Crippen MR) is 163 cm³/mol. The third-order valence-corrected chi connectivity index (χ3v) is 9.52. The minimum absolute atomic E-state index is 0.0258. The summed E-state index contributed by atoms with van der Waals surface area (Å²) in [6.45, 7) is 1.72. The van der Waals surface area contributed by atoms with Crippen LogP contribution in [-0.4, -0.2) is 83.1 Å². The molecule has 2 heterocycles. The normalized spacial score (nSPS) is 18.7. The molecule has 2 aliphatic rings. The van der Waals surface area contributed by atoms with Gasteiger partial charge in [-0.15, -0.1) is 0 Å². The standard InChI is InChI=1S/C33H38N2O7S/c1-34(2)32(36)26-10-7-9-24(19-26)25-13-14-29(40-3)31(20-25)43(38,39)22-23-8-6-11-27(18-23)42-28-15-16-35(21-28)33(37)30-12-4-5-17-41-30/h6-11,13-14,18-20,28,30H,4-5,12,15-17,21-22H2,1-3H3/t28-,30?/m0/s1. The summed E-state index contributed by atoms with van der Waals surface area (Å²) in [6, 6.07) is 19.2. The smallest absolute Gasteiger partial charge is 0.253 e. The SMILES string of the molecule is COc1ccc(-c2cccc(C(=O)N(C)C)c2)cc1S(=O)(=O)Cc1cccc(O[C@H]2CCN(C(=O)C3CCCCO3)C2)c1. The molecule has 3 aromatic carbocycles. The molecular formula is C33H38N2O7S. The Kier molecular flexibility index (Phi) is 9.37. The van der Waals surface area contributed by atoms with E-state index >= 15 is 0 Å². The lowest BCUT2D eigenvalue weighted by Gasteiger charge is -2.26. The second kappa shape index (κ2) is 13.2. The minimum Gasteiger partial charge on any atom is -0.495 e. The Hall–Kier alpha value is -3.89. The van der Waals surface area contributed by atoms with Crippen LogP contribution in [0, 0.1) is 0 Å². The first kappa shape index (κ1) is 30.6. The molecule has 228 valence electrons. The summed E-state index contributed by atoms with van der Waals surface area (Å²) in [6.07, 6.45) is 2.92. The fourth-order valence-corrected chi connectivity index (χ4v) is 7.09. The first-order valence-corrected chi connectivity index (χ1v) is 16.2. The van der Waals surface area contributed by atoms with Gasteiger partial charge in [0.15, 0.2) is 9.84 Å². The van der Waals surface area contributed by atoms with Crippen LogP contribution in [0.1, 0.15) is 41.6 Å². The highest BCUT2D eigenvalue weighted by atomic mass is 32.2. The molecule has 0 aliphatic carbocycles. The number of carbonyl (C=O) groups excluding carboxylic acids is 2. The molecule has 5 rings (SSSR count). The summed E-state index contributed by atoms with van der Waals surface area (Å²) < 4.78 is 44.7. The summed E-state index contributed by atoms with van der Waals surface area (Å²) in [7, 11) is 0.983. The second-order valence-corrected chi connectivity index (χ2v) is 13.2. The van der Waals surface area contributed by atoms with Crippen molar-refractivity contribution >= 4 is 21.7 Å². The van der Waals surface area contributed by atoms with Gasteiger partial charge in [0.1, 0.15) is 28.6 Å². The molecule has 2 aliphatic heterocycles. The molecule has 9 nitrogen and oxygen atoms in total. The van der Waals surface area contributed by atoms with Crippen molar-refractivity contribution in [3.8, 4) is 22.6 Å². The fourth-order valence-electron chi connectivity index (χ4n) is 5.55. The van der Waals surface area contributed by atoms with Crippen molar-refractivity contribution in [1.29, 1.82) is 0 Å². The van der Waals surface area contributed by atoms with Crippen LogP contribution in [-0.2, 0) is 25.1 Å². The first-order chi connectivity index (χ1) is 20.6. The molecule has 0 saturated carbocycles. The third kappa shape index (κ3) is 7.19. The maximum absolute atomic E-state index is 13.7. The van der Waals surface area contributed by atoms with Gasteiger partial charge in [0.2, 0.25) is 0 Å². The number of amides is 2. The van der Waals surface area contributed by atoms with E-state index in [4.69, 9.17) is 14.2 Å². The third-order valence-electron chi connectivity index (χ3n) is 7.82. The zero-order valence-corrected chi connectivity index (χ0v) is 25.6. The van der Waals surface area contributed by atoms with E-state index in [0.717, 1.165) is 24.8 Å². The van der Waals surface area contributed by atoms with Crippen LogP contribution in [0.25, 0.3) is 11.1 Å². The van der Waals surface area contributed by atoms with E-state index in [1.54, 1.807) is 79.7 Å². The Balaban J connectivity index is 1.30. The van der Waals surface area contributed by atoms with Crippen molar-refractivity contribution < 1.29 is 32.2 Å². The molecule has 1 unspecified atom stereocenters. The van der Waals surface area contributed by atoms with Crippen molar-refractivity contribution in [1.82, 2.24) is 9.80 Å². The lowest BCUT2D eigenvalue weighted by Crippen LogP contribution is -2.41. The van der Waals surface area contributed by atoms with Crippen molar-refractivity contribution in [3.63, 3.8) is 0 Å². The Morgan fingerprint density at radius 1 is 0.977 bits per heavy atom. The van der Waals surface area contributed by atoms with Crippen molar-refractivity contribution in [3.05, 3.63) is 77.9 Å². The summed E-state index contributed by atoms with van der Waals surface area (Å²) in [5.41, 5.74) is 2.46. The molecule has 43 heavy (non-hydrogen) atoms. The van der Waals surface area contributed by atoms with E-state index in [9.17, 15) is 18.0 Å². The summed E-state index contributed by atoms with van der Waals surface area (Å²) in [5, 5.41) is 0. The van der Waals surface area contributed by atoms with Gasteiger partial charge in [0, 0.05) is 39.2 Å². The highest BCUT2D eigenvalue weighted by Gasteiger charge is 2.33. The number of benzene rings is 3. The molecule has 2 atom stereocenters. The lowest BCUT2D eigenvalue weighted by atomic mass is 10.0. The zero-order chi connectivity index (χ0) is 30.6. The molecule has 2 saturated heterocycles. The van der Waals surface area contributed by atoms with E-state index in [0.29, 0.717) is 48.6 Å². The van der Waals surface area contributed by atoms with Crippen molar-refractivity contribution in [2.24, 2.45) is 0 Å². The molecule has 0 N–H and O–H groups in total. The maximum Gasteiger partial charge on any atom is 0.253 e. The van der Waals surface area contributed by atoms with Gasteiger partial charge in [-0.1, -0.05) is 30.3 Å². The zero-order valence-electron chi connectivity index (χ0n) is 24.8. The number of likely N-dealkylation sites (tertiary alicyclic amines) is 1. The van der Waals surface area contributed by atoms with Gasteiger partial charge in [-0.2, -0.15) is 0 Å². The van der Waals surface area contributed by atoms with E-state index in [1.165, 1.54) is 12.0 Å². The topological polar surface area (TPSA) is 102 Å². The average molecular weight is 607 g/mol. The molecule has 3 aromatic rings. The van der Waals surface area contributed by atoms with Gasteiger partial charge in [-0.3, -0.25) is 9.59 Å². The maximum atomic E-state index is 13.7. The number of hydrogen-bond acceptors (Lipinski definition) is 7. The number of carbonyl (C=O) groups is 2. The van der Waals surface area contributed by atoms with E-state index in [-0.39, 0.29) is 40.4 Å². The number of rotatable bonds is 9. The van der Waals surface area contributed by atoms with Gasteiger partial charge in [-0.25, -0.2) is 8.42 Å². The molecule has 2 amide bonds.